The molecule has 1 atom stereocenters. The van der Waals surface area contributed by atoms with E-state index in [2.05, 4.69) is 24.3 Å². The lowest BCUT2D eigenvalue weighted by Crippen LogP contribution is -2.39. The second-order valence-electron chi connectivity index (χ2n) is 4.71. The maximum absolute atomic E-state index is 5.71. The van der Waals surface area contributed by atoms with Crippen LogP contribution < -0.4 is 5.32 Å². The fourth-order valence-electron chi connectivity index (χ4n) is 2.04. The van der Waals surface area contributed by atoms with Crippen molar-refractivity contribution < 1.29 is 4.42 Å². The van der Waals surface area contributed by atoms with Crippen molar-refractivity contribution >= 4 is 24.0 Å². The number of nitrogens with one attached hydrogen (secondary N) is 1. The third-order valence-corrected chi connectivity index (χ3v) is 3.31. The van der Waals surface area contributed by atoms with Crippen molar-refractivity contribution in [3.63, 3.8) is 0 Å². The average Bonchev–Trinajstić information content (AvgIpc) is 2.97. The maximum Gasteiger partial charge on any atom is 0.193 e. The van der Waals surface area contributed by atoms with E-state index in [4.69, 9.17) is 16.0 Å². The Morgan fingerprint density at radius 2 is 2.18 bits per heavy atom. The molecule has 0 amide bonds. The van der Waals surface area contributed by atoms with E-state index in [9.17, 15) is 0 Å². The van der Waals surface area contributed by atoms with E-state index in [0.717, 1.165) is 24.8 Å². The summed E-state index contributed by atoms with van der Waals surface area (Å²) in [5.41, 5.74) is 0. The van der Waals surface area contributed by atoms with E-state index in [1.165, 1.54) is 12.8 Å². The summed E-state index contributed by atoms with van der Waals surface area (Å²) in [4.78, 5) is 2.31. The normalized spacial score (nSPS) is 16.9. The SMILES string of the molecule is CN(C)C(CNCc1ccc(Cl)o1)C1CC1.Cl. The predicted molar refractivity (Wildman–Crippen MR) is 72.9 cm³/mol. The second-order valence-corrected chi connectivity index (χ2v) is 5.08. The van der Waals surface area contributed by atoms with Gasteiger partial charge in [-0.25, -0.2) is 0 Å². The Morgan fingerprint density at radius 1 is 1.47 bits per heavy atom. The summed E-state index contributed by atoms with van der Waals surface area (Å²) in [6, 6.07) is 4.34. The fourth-order valence-corrected chi connectivity index (χ4v) is 2.20. The Hall–Kier alpha value is -0.220. The molecule has 98 valence electrons. The maximum atomic E-state index is 5.71. The molecule has 0 bridgehead atoms. The first-order valence-electron chi connectivity index (χ1n) is 5.78. The van der Waals surface area contributed by atoms with Gasteiger partial charge in [-0.15, -0.1) is 12.4 Å². The van der Waals surface area contributed by atoms with Gasteiger partial charge in [0.05, 0.1) is 6.54 Å². The van der Waals surface area contributed by atoms with Crippen molar-refractivity contribution in [1.29, 1.82) is 0 Å². The highest BCUT2D eigenvalue weighted by Gasteiger charge is 2.32. The third kappa shape index (κ3) is 4.51. The molecule has 1 unspecified atom stereocenters. The van der Waals surface area contributed by atoms with Crippen LogP contribution in [0.2, 0.25) is 5.22 Å². The lowest BCUT2D eigenvalue weighted by Gasteiger charge is -2.24. The van der Waals surface area contributed by atoms with Gasteiger partial charge in [0, 0.05) is 12.6 Å². The molecule has 1 aliphatic carbocycles. The number of nitrogens with zero attached hydrogens (tertiary/aromatic N) is 1. The Balaban J connectivity index is 0.00000144. The number of rotatable bonds is 6. The summed E-state index contributed by atoms with van der Waals surface area (Å²) in [6.07, 6.45) is 2.74. The Bertz CT molecular complexity index is 335. The van der Waals surface area contributed by atoms with Gasteiger partial charge in [-0.3, -0.25) is 0 Å². The van der Waals surface area contributed by atoms with Crippen molar-refractivity contribution in [2.24, 2.45) is 5.92 Å². The van der Waals surface area contributed by atoms with Gasteiger partial charge in [-0.05, 0) is 56.6 Å². The lowest BCUT2D eigenvalue weighted by molar-refractivity contribution is 0.253. The standard InChI is InChI=1S/C12H19ClN2O.ClH/c1-15(2)11(9-3-4-9)8-14-7-10-5-6-12(13)16-10;/h5-6,9,11,14H,3-4,7-8H2,1-2H3;1H. The Kier molecular flexibility index (Phi) is 5.80. The van der Waals surface area contributed by atoms with E-state index in [0.29, 0.717) is 11.3 Å². The zero-order valence-corrected chi connectivity index (χ0v) is 11.9. The van der Waals surface area contributed by atoms with Crippen LogP contribution in [0.5, 0.6) is 0 Å². The summed E-state index contributed by atoms with van der Waals surface area (Å²) in [5, 5.41) is 3.88. The van der Waals surface area contributed by atoms with Crippen molar-refractivity contribution in [3.05, 3.63) is 23.1 Å². The van der Waals surface area contributed by atoms with Crippen LogP contribution in [0.4, 0.5) is 0 Å². The molecule has 0 radical (unpaired) electrons. The molecule has 1 heterocycles. The minimum Gasteiger partial charge on any atom is -0.448 e. The highest BCUT2D eigenvalue weighted by atomic mass is 35.5. The molecule has 2 rings (SSSR count). The monoisotopic (exact) mass is 278 g/mol. The minimum absolute atomic E-state index is 0. The quantitative estimate of drug-likeness (QED) is 0.868. The second kappa shape index (κ2) is 6.64. The van der Waals surface area contributed by atoms with E-state index in [1.54, 1.807) is 6.07 Å². The van der Waals surface area contributed by atoms with Crippen LogP contribution in [0.25, 0.3) is 0 Å². The van der Waals surface area contributed by atoms with Crippen molar-refractivity contribution in [3.8, 4) is 0 Å². The van der Waals surface area contributed by atoms with Gasteiger partial charge in [0.1, 0.15) is 5.76 Å². The van der Waals surface area contributed by atoms with Gasteiger partial charge in [-0.1, -0.05) is 0 Å². The number of likely N-dealkylation sites (N-methyl/N-ethyl adjacent to an activating group) is 1. The highest BCUT2D eigenvalue weighted by Crippen LogP contribution is 2.34. The topological polar surface area (TPSA) is 28.4 Å². The summed E-state index contributed by atoms with van der Waals surface area (Å²) >= 11 is 5.71. The van der Waals surface area contributed by atoms with E-state index >= 15 is 0 Å². The van der Waals surface area contributed by atoms with Crippen LogP contribution >= 0.6 is 24.0 Å². The zero-order chi connectivity index (χ0) is 11.5. The van der Waals surface area contributed by atoms with E-state index in [-0.39, 0.29) is 12.4 Å². The molecule has 5 heteroatoms. The summed E-state index contributed by atoms with van der Waals surface area (Å²) in [6.45, 7) is 1.76. The number of hydrogen-bond donors (Lipinski definition) is 1. The molecular weight excluding hydrogens is 259 g/mol. The molecule has 3 nitrogen and oxygen atoms in total. The van der Waals surface area contributed by atoms with Crippen LogP contribution in [0, 0.1) is 5.92 Å². The molecule has 17 heavy (non-hydrogen) atoms. The van der Waals surface area contributed by atoms with Gasteiger partial charge in [-0.2, -0.15) is 0 Å². The molecule has 1 fully saturated rings. The summed E-state index contributed by atoms with van der Waals surface area (Å²) in [5.74, 6) is 1.78. The van der Waals surface area contributed by atoms with Crippen LogP contribution in [0.3, 0.4) is 0 Å². The van der Waals surface area contributed by atoms with Gasteiger partial charge < -0.3 is 14.6 Å². The molecule has 1 aromatic heterocycles. The Labute approximate surface area is 114 Å². The summed E-state index contributed by atoms with van der Waals surface area (Å²) in [7, 11) is 4.29. The number of hydrogen-bond acceptors (Lipinski definition) is 3. The zero-order valence-electron chi connectivity index (χ0n) is 10.3. The molecule has 0 aromatic carbocycles. The first kappa shape index (κ1) is 14.8. The number of furan rings is 1. The average molecular weight is 279 g/mol. The lowest BCUT2D eigenvalue weighted by atomic mass is 10.1. The van der Waals surface area contributed by atoms with Gasteiger partial charge in [0.2, 0.25) is 0 Å². The van der Waals surface area contributed by atoms with Gasteiger partial charge in [0.25, 0.3) is 0 Å². The van der Waals surface area contributed by atoms with Crippen LogP contribution in [-0.2, 0) is 6.54 Å². The van der Waals surface area contributed by atoms with E-state index in [1.807, 2.05) is 6.07 Å². The smallest absolute Gasteiger partial charge is 0.193 e. The molecule has 1 aliphatic rings. The molecule has 0 spiro atoms. The van der Waals surface area contributed by atoms with Gasteiger partial charge in [0.15, 0.2) is 5.22 Å². The molecule has 1 saturated carbocycles. The first-order chi connectivity index (χ1) is 7.66. The minimum atomic E-state index is 0. The van der Waals surface area contributed by atoms with Crippen LogP contribution in [-0.4, -0.2) is 31.6 Å². The third-order valence-electron chi connectivity index (χ3n) is 3.11. The van der Waals surface area contributed by atoms with Crippen LogP contribution in [0.15, 0.2) is 16.5 Å². The van der Waals surface area contributed by atoms with Gasteiger partial charge >= 0.3 is 0 Å². The molecule has 0 aliphatic heterocycles. The highest BCUT2D eigenvalue weighted by molar-refractivity contribution is 6.28. The predicted octanol–water partition coefficient (Wildman–Crippen LogP) is 2.78. The largest absolute Gasteiger partial charge is 0.448 e. The number of halogens is 2. The molecule has 0 saturated heterocycles. The van der Waals surface area contributed by atoms with Crippen molar-refractivity contribution in [2.75, 3.05) is 20.6 Å². The van der Waals surface area contributed by atoms with E-state index < -0.39 is 0 Å². The fraction of sp³-hybridized carbons (Fsp3) is 0.667. The summed E-state index contributed by atoms with van der Waals surface area (Å²) < 4.78 is 5.29. The van der Waals surface area contributed by atoms with Crippen molar-refractivity contribution in [1.82, 2.24) is 10.2 Å². The van der Waals surface area contributed by atoms with Crippen molar-refractivity contribution in [2.45, 2.75) is 25.4 Å². The molecule has 1 aromatic rings. The Morgan fingerprint density at radius 3 is 2.65 bits per heavy atom. The van der Waals surface area contributed by atoms with Crippen LogP contribution in [0.1, 0.15) is 18.6 Å². The molecular formula is C12H20Cl2N2O. The first-order valence-corrected chi connectivity index (χ1v) is 6.16. The molecule has 1 N–H and O–H groups in total.